The molecule has 0 aliphatic carbocycles. The molecule has 2 rings (SSSR count). The lowest BCUT2D eigenvalue weighted by molar-refractivity contribution is -0.0663. The summed E-state index contributed by atoms with van der Waals surface area (Å²) in [5.41, 5.74) is 1.34. The van der Waals surface area contributed by atoms with Crippen molar-refractivity contribution in [2.24, 2.45) is 0 Å². The Kier molecular flexibility index (Phi) is 4.31. The van der Waals surface area contributed by atoms with Crippen LogP contribution in [0, 0.1) is 0 Å². The molecule has 1 aromatic rings. The van der Waals surface area contributed by atoms with E-state index in [9.17, 15) is 4.79 Å². The molecule has 3 heteroatoms. The van der Waals surface area contributed by atoms with Gasteiger partial charge in [0, 0.05) is 38.7 Å². The molecular formula is C17H24O3. The van der Waals surface area contributed by atoms with E-state index in [1.54, 1.807) is 7.11 Å². The lowest BCUT2D eigenvalue weighted by atomic mass is 9.83. The molecule has 0 amide bonds. The molecule has 0 atom stereocenters. The van der Waals surface area contributed by atoms with Crippen LogP contribution >= 0.6 is 0 Å². The summed E-state index contributed by atoms with van der Waals surface area (Å²) in [7, 11) is 1.62. The maximum Gasteiger partial charge on any atom is 0.194 e. The Bertz CT molecular complexity index is 462. The number of ketones is 1. The zero-order chi connectivity index (χ0) is 14.8. The second-order valence-electron chi connectivity index (χ2n) is 6.47. The number of benzene rings is 1. The highest BCUT2D eigenvalue weighted by atomic mass is 16.5. The zero-order valence-corrected chi connectivity index (χ0v) is 12.9. The van der Waals surface area contributed by atoms with Gasteiger partial charge in [-0.15, -0.1) is 0 Å². The molecule has 0 aromatic heterocycles. The highest BCUT2D eigenvalue weighted by molar-refractivity contribution is 6.02. The van der Waals surface area contributed by atoms with Gasteiger partial charge in [0.05, 0.1) is 0 Å². The number of hydrogen-bond donors (Lipinski definition) is 0. The van der Waals surface area contributed by atoms with E-state index in [0.717, 1.165) is 5.56 Å². The number of methoxy groups -OCH3 is 1. The first-order valence-corrected chi connectivity index (χ1v) is 7.17. The molecule has 3 nitrogen and oxygen atoms in total. The van der Waals surface area contributed by atoms with Crippen molar-refractivity contribution in [1.29, 1.82) is 0 Å². The predicted molar refractivity (Wildman–Crippen MR) is 79.3 cm³/mol. The van der Waals surface area contributed by atoms with Crippen molar-refractivity contribution in [3.8, 4) is 0 Å². The van der Waals surface area contributed by atoms with Crippen molar-refractivity contribution in [2.45, 2.75) is 44.6 Å². The summed E-state index contributed by atoms with van der Waals surface area (Å²) < 4.78 is 10.9. The van der Waals surface area contributed by atoms with Gasteiger partial charge < -0.3 is 9.47 Å². The molecule has 0 spiro atoms. The fourth-order valence-corrected chi connectivity index (χ4v) is 2.61. The Morgan fingerprint density at radius 2 is 1.70 bits per heavy atom. The smallest absolute Gasteiger partial charge is 0.194 e. The topological polar surface area (TPSA) is 35.5 Å². The van der Waals surface area contributed by atoms with Crippen molar-refractivity contribution in [3.63, 3.8) is 0 Å². The van der Waals surface area contributed by atoms with E-state index < -0.39 is 5.60 Å². The normalized spacial score (nSPS) is 18.8. The average molecular weight is 276 g/mol. The highest BCUT2D eigenvalue weighted by Gasteiger charge is 2.40. The number of rotatable bonds is 3. The first-order valence-electron chi connectivity index (χ1n) is 7.17. The highest BCUT2D eigenvalue weighted by Crippen LogP contribution is 2.30. The first-order chi connectivity index (χ1) is 9.39. The van der Waals surface area contributed by atoms with E-state index in [4.69, 9.17) is 9.47 Å². The second kappa shape index (κ2) is 5.66. The summed E-state index contributed by atoms with van der Waals surface area (Å²) in [6.45, 7) is 7.66. The van der Waals surface area contributed by atoms with Gasteiger partial charge in [-0.05, 0) is 11.0 Å². The quantitative estimate of drug-likeness (QED) is 0.794. The first kappa shape index (κ1) is 15.2. The van der Waals surface area contributed by atoms with Gasteiger partial charge in [-0.3, -0.25) is 4.79 Å². The van der Waals surface area contributed by atoms with Crippen LogP contribution in [0.25, 0.3) is 0 Å². The minimum absolute atomic E-state index is 0.0729. The molecule has 0 unspecified atom stereocenters. The molecule has 110 valence electrons. The van der Waals surface area contributed by atoms with Gasteiger partial charge in [-0.25, -0.2) is 0 Å². The van der Waals surface area contributed by atoms with Crippen LogP contribution in [-0.2, 0) is 14.9 Å². The van der Waals surface area contributed by atoms with Crippen molar-refractivity contribution < 1.29 is 14.3 Å². The monoisotopic (exact) mass is 276 g/mol. The van der Waals surface area contributed by atoms with Gasteiger partial charge in [0.1, 0.15) is 5.60 Å². The molecule has 20 heavy (non-hydrogen) atoms. The SMILES string of the molecule is COC1(C(=O)c2ccc(C(C)(C)C)cc2)CCOCC1. The third kappa shape index (κ3) is 2.94. The Balaban J connectivity index is 2.24. The van der Waals surface area contributed by atoms with Gasteiger partial charge in [0.15, 0.2) is 5.78 Å². The lowest BCUT2D eigenvalue weighted by Gasteiger charge is -2.34. The molecule has 0 N–H and O–H groups in total. The van der Waals surface area contributed by atoms with E-state index >= 15 is 0 Å². The van der Waals surface area contributed by atoms with Crippen molar-refractivity contribution in [1.82, 2.24) is 0 Å². The molecule has 0 bridgehead atoms. The van der Waals surface area contributed by atoms with Gasteiger partial charge in [0.25, 0.3) is 0 Å². The molecule has 1 aliphatic heterocycles. The largest absolute Gasteiger partial charge is 0.381 e. The summed E-state index contributed by atoms with van der Waals surface area (Å²) >= 11 is 0. The van der Waals surface area contributed by atoms with E-state index in [0.29, 0.717) is 26.1 Å². The number of carbonyl (C=O) groups is 1. The maximum absolute atomic E-state index is 12.7. The Labute approximate surface area is 121 Å². The van der Waals surface area contributed by atoms with Crippen LogP contribution in [0.15, 0.2) is 24.3 Å². The summed E-state index contributed by atoms with van der Waals surface area (Å²) in [5.74, 6) is 0.0729. The van der Waals surface area contributed by atoms with Crippen LogP contribution in [0.3, 0.4) is 0 Å². The van der Waals surface area contributed by atoms with E-state index in [2.05, 4.69) is 20.8 Å². The lowest BCUT2D eigenvalue weighted by Crippen LogP contribution is -2.45. The fourth-order valence-electron chi connectivity index (χ4n) is 2.61. The van der Waals surface area contributed by atoms with Crippen LogP contribution in [0.5, 0.6) is 0 Å². The molecule has 1 aliphatic rings. The Hall–Kier alpha value is -1.19. The molecule has 1 saturated heterocycles. The van der Waals surface area contributed by atoms with Crippen LogP contribution < -0.4 is 0 Å². The maximum atomic E-state index is 12.7. The summed E-state index contributed by atoms with van der Waals surface area (Å²) in [5, 5.41) is 0. The summed E-state index contributed by atoms with van der Waals surface area (Å²) in [4.78, 5) is 12.7. The molecule has 1 aromatic carbocycles. The van der Waals surface area contributed by atoms with Crippen molar-refractivity contribution >= 4 is 5.78 Å². The second-order valence-corrected chi connectivity index (χ2v) is 6.47. The molecule has 1 fully saturated rings. The van der Waals surface area contributed by atoms with Crippen molar-refractivity contribution in [2.75, 3.05) is 20.3 Å². The Morgan fingerprint density at radius 3 is 2.15 bits per heavy atom. The third-order valence-corrected chi connectivity index (χ3v) is 4.12. The zero-order valence-electron chi connectivity index (χ0n) is 12.9. The standard InChI is InChI=1S/C17H24O3/c1-16(2,3)14-7-5-13(6-8-14)15(18)17(19-4)9-11-20-12-10-17/h5-8H,9-12H2,1-4H3. The van der Waals surface area contributed by atoms with Crippen molar-refractivity contribution in [3.05, 3.63) is 35.4 Å². The molecular weight excluding hydrogens is 252 g/mol. The summed E-state index contributed by atoms with van der Waals surface area (Å²) in [6.07, 6.45) is 1.26. The molecule has 1 heterocycles. The van der Waals surface area contributed by atoms with Gasteiger partial charge >= 0.3 is 0 Å². The van der Waals surface area contributed by atoms with Crippen LogP contribution in [0.4, 0.5) is 0 Å². The van der Waals surface area contributed by atoms with E-state index in [1.165, 1.54) is 5.56 Å². The summed E-state index contributed by atoms with van der Waals surface area (Å²) in [6, 6.07) is 7.91. The van der Waals surface area contributed by atoms with Gasteiger partial charge in [-0.1, -0.05) is 45.0 Å². The van der Waals surface area contributed by atoms with Gasteiger partial charge in [0.2, 0.25) is 0 Å². The minimum atomic E-state index is -0.707. The average Bonchev–Trinajstić information content (AvgIpc) is 2.46. The molecule has 0 saturated carbocycles. The number of ether oxygens (including phenoxy) is 2. The minimum Gasteiger partial charge on any atom is -0.381 e. The van der Waals surface area contributed by atoms with Crippen LogP contribution in [-0.4, -0.2) is 31.7 Å². The number of Topliss-reactive ketones (excluding diaryl/α,β-unsaturated/α-hetero) is 1. The van der Waals surface area contributed by atoms with Gasteiger partial charge in [-0.2, -0.15) is 0 Å². The third-order valence-electron chi connectivity index (χ3n) is 4.12. The Morgan fingerprint density at radius 1 is 1.15 bits per heavy atom. The fraction of sp³-hybridized carbons (Fsp3) is 0.588. The van der Waals surface area contributed by atoms with E-state index in [1.807, 2.05) is 24.3 Å². The molecule has 0 radical (unpaired) electrons. The van der Waals surface area contributed by atoms with Crippen LogP contribution in [0.2, 0.25) is 0 Å². The predicted octanol–water partition coefficient (Wildman–Crippen LogP) is 3.36. The number of hydrogen-bond acceptors (Lipinski definition) is 3. The number of carbonyl (C=O) groups excluding carboxylic acids is 1. The van der Waals surface area contributed by atoms with Crippen LogP contribution in [0.1, 0.15) is 49.5 Å². The van der Waals surface area contributed by atoms with E-state index in [-0.39, 0.29) is 11.2 Å².